The van der Waals surface area contributed by atoms with Gasteiger partial charge in [-0.1, -0.05) is 11.6 Å². The van der Waals surface area contributed by atoms with E-state index >= 15 is 0 Å². The lowest BCUT2D eigenvalue weighted by atomic mass is 10.1. The number of anilines is 2. The van der Waals surface area contributed by atoms with Crippen molar-refractivity contribution in [3.8, 4) is 11.5 Å². The van der Waals surface area contributed by atoms with Gasteiger partial charge in [-0.15, -0.1) is 0 Å². The lowest BCUT2D eigenvalue weighted by molar-refractivity contribution is 0.157. The van der Waals surface area contributed by atoms with Crippen molar-refractivity contribution in [2.75, 3.05) is 25.5 Å². The van der Waals surface area contributed by atoms with Gasteiger partial charge in [0.15, 0.2) is 11.5 Å². The summed E-state index contributed by atoms with van der Waals surface area (Å²) in [6.45, 7) is 1.86. The van der Waals surface area contributed by atoms with Crippen LogP contribution in [0.5, 0.6) is 11.5 Å². The summed E-state index contributed by atoms with van der Waals surface area (Å²) < 4.78 is 25.1. The fourth-order valence-corrected chi connectivity index (χ4v) is 3.40. The number of hydrogen-bond donors (Lipinski definition) is 2. The molecule has 1 fully saturated rings. The van der Waals surface area contributed by atoms with E-state index in [4.69, 9.17) is 21.1 Å². The summed E-state index contributed by atoms with van der Waals surface area (Å²) in [6, 6.07) is 8.13. The van der Waals surface area contributed by atoms with Crippen LogP contribution in [0.4, 0.5) is 15.9 Å². The molecular weight excluding hydrogens is 383 g/mol. The molecule has 3 aromatic rings. The molecule has 1 aliphatic rings. The quantitative estimate of drug-likeness (QED) is 0.663. The zero-order valence-electron chi connectivity index (χ0n) is 15.3. The highest BCUT2D eigenvalue weighted by molar-refractivity contribution is 6.31. The average molecular weight is 403 g/mol. The largest absolute Gasteiger partial charge is 0.493 e. The molecule has 0 amide bonds. The number of benzene rings is 2. The van der Waals surface area contributed by atoms with Gasteiger partial charge < -0.3 is 20.1 Å². The van der Waals surface area contributed by atoms with Crippen molar-refractivity contribution >= 4 is 34.0 Å². The third-order valence-electron chi connectivity index (χ3n) is 4.68. The van der Waals surface area contributed by atoms with Gasteiger partial charge in [-0.05, 0) is 50.2 Å². The van der Waals surface area contributed by atoms with Crippen LogP contribution in [-0.2, 0) is 0 Å². The number of methoxy groups -OCH3 is 1. The van der Waals surface area contributed by atoms with Crippen LogP contribution < -0.4 is 20.1 Å². The Labute approximate surface area is 167 Å². The summed E-state index contributed by atoms with van der Waals surface area (Å²) in [5.74, 6) is 1.38. The van der Waals surface area contributed by atoms with E-state index in [-0.39, 0.29) is 11.1 Å². The molecule has 2 heterocycles. The minimum Gasteiger partial charge on any atom is -0.493 e. The molecule has 0 atom stereocenters. The van der Waals surface area contributed by atoms with Gasteiger partial charge in [0.1, 0.15) is 24.1 Å². The highest BCUT2D eigenvalue weighted by Crippen LogP contribution is 2.36. The third-order valence-corrected chi connectivity index (χ3v) is 4.97. The van der Waals surface area contributed by atoms with Gasteiger partial charge in [-0.2, -0.15) is 0 Å². The molecule has 0 radical (unpaired) electrons. The zero-order chi connectivity index (χ0) is 19.5. The number of hydrogen-bond acceptors (Lipinski definition) is 6. The standard InChI is InChI=1S/C20H20ClFN4O2/c1-27-18-10-17-14(9-19(18)28-13-4-6-23-7-5-13)20(25-11-24-17)26-12-2-3-16(22)15(21)8-12/h2-3,8-11,13,23H,4-7H2,1H3,(H,24,25,26). The van der Waals surface area contributed by atoms with Gasteiger partial charge in [0, 0.05) is 17.1 Å². The predicted molar refractivity (Wildman–Crippen MR) is 107 cm³/mol. The smallest absolute Gasteiger partial charge is 0.162 e. The molecule has 0 spiro atoms. The first-order valence-electron chi connectivity index (χ1n) is 9.06. The second-order valence-electron chi connectivity index (χ2n) is 6.56. The molecule has 1 aliphatic heterocycles. The predicted octanol–water partition coefficient (Wildman–Crippen LogP) is 4.31. The van der Waals surface area contributed by atoms with Gasteiger partial charge in [0.25, 0.3) is 0 Å². The Morgan fingerprint density at radius 1 is 1.14 bits per heavy atom. The van der Waals surface area contributed by atoms with Gasteiger partial charge in [-0.3, -0.25) is 0 Å². The van der Waals surface area contributed by atoms with Gasteiger partial charge in [0.2, 0.25) is 0 Å². The van der Waals surface area contributed by atoms with E-state index in [9.17, 15) is 4.39 Å². The van der Waals surface area contributed by atoms with E-state index in [0.29, 0.717) is 28.5 Å². The van der Waals surface area contributed by atoms with E-state index in [1.54, 1.807) is 13.2 Å². The number of fused-ring (bicyclic) bond motifs is 1. The van der Waals surface area contributed by atoms with Crippen LogP contribution in [0.3, 0.4) is 0 Å². The number of nitrogens with zero attached hydrogens (tertiary/aromatic N) is 2. The van der Waals surface area contributed by atoms with Crippen molar-refractivity contribution in [2.24, 2.45) is 0 Å². The minimum atomic E-state index is -0.470. The number of rotatable bonds is 5. The van der Waals surface area contributed by atoms with Crippen molar-refractivity contribution in [1.29, 1.82) is 0 Å². The summed E-state index contributed by atoms with van der Waals surface area (Å²) in [4.78, 5) is 8.66. The van der Waals surface area contributed by atoms with Crippen LogP contribution in [0.1, 0.15) is 12.8 Å². The Kier molecular flexibility index (Phi) is 5.45. The summed E-state index contributed by atoms with van der Waals surface area (Å²) in [5.41, 5.74) is 1.34. The van der Waals surface area contributed by atoms with E-state index in [2.05, 4.69) is 20.6 Å². The maximum atomic E-state index is 13.4. The topological polar surface area (TPSA) is 68.3 Å². The molecule has 4 rings (SSSR count). The van der Waals surface area contributed by atoms with E-state index in [1.165, 1.54) is 18.5 Å². The molecule has 1 aromatic heterocycles. The molecule has 2 N–H and O–H groups in total. The van der Waals surface area contributed by atoms with E-state index in [0.717, 1.165) is 31.3 Å². The summed E-state index contributed by atoms with van der Waals surface area (Å²) in [7, 11) is 1.61. The molecule has 0 unspecified atom stereocenters. The second kappa shape index (κ2) is 8.16. The molecule has 2 aromatic carbocycles. The minimum absolute atomic E-state index is 0.0416. The maximum absolute atomic E-state index is 13.4. The van der Waals surface area contributed by atoms with Gasteiger partial charge >= 0.3 is 0 Å². The van der Waals surface area contributed by atoms with Crippen LogP contribution in [0, 0.1) is 5.82 Å². The zero-order valence-corrected chi connectivity index (χ0v) is 16.1. The summed E-state index contributed by atoms with van der Waals surface area (Å²) >= 11 is 5.88. The Morgan fingerprint density at radius 2 is 1.96 bits per heavy atom. The fraction of sp³-hybridized carbons (Fsp3) is 0.300. The van der Waals surface area contributed by atoms with Crippen LogP contribution in [-0.4, -0.2) is 36.3 Å². The highest BCUT2D eigenvalue weighted by Gasteiger charge is 2.18. The summed E-state index contributed by atoms with van der Waals surface area (Å²) in [6.07, 6.45) is 3.46. The van der Waals surface area contributed by atoms with E-state index < -0.39 is 5.82 Å². The number of aromatic nitrogens is 2. The molecule has 1 saturated heterocycles. The van der Waals surface area contributed by atoms with Crippen molar-refractivity contribution < 1.29 is 13.9 Å². The third kappa shape index (κ3) is 3.95. The molecule has 0 aliphatic carbocycles. The average Bonchev–Trinajstić information content (AvgIpc) is 2.71. The second-order valence-corrected chi connectivity index (χ2v) is 6.97. The first-order valence-corrected chi connectivity index (χ1v) is 9.44. The number of ether oxygens (including phenoxy) is 2. The molecule has 146 valence electrons. The maximum Gasteiger partial charge on any atom is 0.162 e. The van der Waals surface area contributed by atoms with Crippen molar-refractivity contribution in [2.45, 2.75) is 18.9 Å². The van der Waals surface area contributed by atoms with Crippen molar-refractivity contribution in [3.05, 3.63) is 47.5 Å². The first kappa shape index (κ1) is 18.7. The lowest BCUT2D eigenvalue weighted by Crippen LogP contribution is -2.34. The van der Waals surface area contributed by atoms with Crippen LogP contribution in [0.25, 0.3) is 10.9 Å². The Hall–Kier alpha value is -2.64. The normalized spacial score (nSPS) is 14.8. The van der Waals surface area contributed by atoms with Crippen molar-refractivity contribution in [3.63, 3.8) is 0 Å². The van der Waals surface area contributed by atoms with Crippen LogP contribution in [0.2, 0.25) is 5.02 Å². The molecular formula is C20H20ClFN4O2. The molecule has 0 saturated carbocycles. The van der Waals surface area contributed by atoms with Gasteiger partial charge in [-0.25, -0.2) is 14.4 Å². The van der Waals surface area contributed by atoms with E-state index in [1.807, 2.05) is 12.1 Å². The van der Waals surface area contributed by atoms with Crippen LogP contribution in [0.15, 0.2) is 36.7 Å². The molecule has 28 heavy (non-hydrogen) atoms. The monoisotopic (exact) mass is 402 g/mol. The molecule has 6 nitrogen and oxygen atoms in total. The molecule has 8 heteroatoms. The number of nitrogens with one attached hydrogen (secondary N) is 2. The Balaban J connectivity index is 1.70. The lowest BCUT2D eigenvalue weighted by Gasteiger charge is -2.25. The highest BCUT2D eigenvalue weighted by atomic mass is 35.5. The fourth-order valence-electron chi connectivity index (χ4n) is 3.22. The summed E-state index contributed by atoms with van der Waals surface area (Å²) in [5, 5.41) is 7.31. The van der Waals surface area contributed by atoms with Gasteiger partial charge in [0.05, 0.1) is 17.6 Å². The first-order chi connectivity index (χ1) is 13.6. The SMILES string of the molecule is COc1cc2ncnc(Nc3ccc(F)c(Cl)c3)c2cc1OC1CCNCC1. The Bertz CT molecular complexity index is 995. The number of halogens is 2. The molecule has 0 bridgehead atoms. The van der Waals surface area contributed by atoms with Crippen LogP contribution >= 0.6 is 11.6 Å². The Morgan fingerprint density at radius 3 is 2.71 bits per heavy atom. The number of piperidine rings is 1. The van der Waals surface area contributed by atoms with Crippen molar-refractivity contribution in [1.82, 2.24) is 15.3 Å².